The van der Waals surface area contributed by atoms with Crippen molar-refractivity contribution in [1.82, 2.24) is 5.32 Å². The highest BCUT2D eigenvalue weighted by atomic mass is 16.5. The molecule has 0 fully saturated rings. The Balaban J connectivity index is 3.33. The van der Waals surface area contributed by atoms with Crippen LogP contribution in [0.5, 0.6) is 0 Å². The van der Waals surface area contributed by atoms with Gasteiger partial charge >= 0.3 is 5.97 Å². The zero-order chi connectivity index (χ0) is 67.7. The molecule has 0 saturated carbocycles. The second-order valence-corrected chi connectivity index (χ2v) is 29.9. The molecule has 2 atom stereocenters. The Hall–Kier alpha value is -1.92. The van der Waals surface area contributed by atoms with Crippen LogP contribution in [0.15, 0.2) is 36.5 Å². The highest BCUT2D eigenvalue weighted by molar-refractivity contribution is 5.76. The summed E-state index contributed by atoms with van der Waals surface area (Å²) >= 11 is 0. The minimum Gasteiger partial charge on any atom is -0.466 e. The molecule has 556 valence electrons. The van der Waals surface area contributed by atoms with E-state index in [2.05, 4.69) is 43.5 Å². The highest BCUT2D eigenvalue weighted by Gasteiger charge is 2.18. The number of carbonyl (C=O) groups is 2. The summed E-state index contributed by atoms with van der Waals surface area (Å²) in [7, 11) is 0. The highest BCUT2D eigenvalue weighted by Crippen LogP contribution is 2.21. The fourth-order valence-corrected chi connectivity index (χ4v) is 13.8. The molecule has 1 amide bonds. The van der Waals surface area contributed by atoms with Crippen LogP contribution in [0.3, 0.4) is 0 Å². The van der Waals surface area contributed by atoms with E-state index in [0.717, 1.165) is 44.9 Å². The molecule has 94 heavy (non-hydrogen) atoms. The molecule has 0 aliphatic carbocycles. The maximum atomic E-state index is 12.6. The second kappa shape index (κ2) is 83.5. The van der Waals surface area contributed by atoms with Gasteiger partial charge in [0.25, 0.3) is 0 Å². The minimum absolute atomic E-state index is 0.0196. The SMILES string of the molecule is CCCCC/C=C\C/C=C\CCCCCCCCCCCC(=O)OCCCCCCCCCCCCCCCCCCCCCCCCCCCCCCCCCCCCCC(=O)NC(CO)C(O)/C=C/CCCCCCCCCCCCCCCCCCCCCCC. The van der Waals surface area contributed by atoms with Crippen LogP contribution in [-0.2, 0) is 14.3 Å². The Labute approximate surface area is 589 Å². The lowest BCUT2D eigenvalue weighted by molar-refractivity contribution is -0.143. The molecule has 0 heterocycles. The van der Waals surface area contributed by atoms with Crippen molar-refractivity contribution in [3.8, 4) is 0 Å². The minimum atomic E-state index is -0.842. The summed E-state index contributed by atoms with van der Waals surface area (Å²) in [6.45, 7) is 4.94. The van der Waals surface area contributed by atoms with Crippen LogP contribution in [0.25, 0.3) is 0 Å². The third-order valence-corrected chi connectivity index (χ3v) is 20.4. The number of hydrogen-bond acceptors (Lipinski definition) is 5. The van der Waals surface area contributed by atoms with E-state index in [-0.39, 0.29) is 18.5 Å². The first-order chi connectivity index (χ1) is 46.5. The summed E-state index contributed by atoms with van der Waals surface area (Å²) < 4.78 is 5.52. The van der Waals surface area contributed by atoms with E-state index in [1.165, 1.54) is 417 Å². The smallest absolute Gasteiger partial charge is 0.305 e. The molecule has 0 aliphatic rings. The first-order valence-corrected chi connectivity index (χ1v) is 43.3. The molecule has 0 aromatic carbocycles. The number of ether oxygens (including phenoxy) is 1. The molecular weight excluding hydrogens is 1150 g/mol. The number of carbonyl (C=O) groups excluding carboxylic acids is 2. The Morgan fingerprint density at radius 2 is 0.532 bits per heavy atom. The van der Waals surface area contributed by atoms with Gasteiger partial charge in [0.15, 0.2) is 0 Å². The third-order valence-electron chi connectivity index (χ3n) is 20.4. The van der Waals surface area contributed by atoms with Gasteiger partial charge in [0.1, 0.15) is 0 Å². The van der Waals surface area contributed by atoms with Crippen molar-refractivity contribution >= 4 is 11.9 Å². The molecule has 0 bridgehead atoms. The zero-order valence-corrected chi connectivity index (χ0v) is 64.0. The van der Waals surface area contributed by atoms with Gasteiger partial charge in [0.05, 0.1) is 25.4 Å². The van der Waals surface area contributed by atoms with Crippen LogP contribution in [0.4, 0.5) is 0 Å². The number of aliphatic hydroxyl groups excluding tert-OH is 2. The topological polar surface area (TPSA) is 95.9 Å². The number of hydrogen-bond donors (Lipinski definition) is 3. The average Bonchev–Trinajstić information content (AvgIpc) is 3.61. The zero-order valence-electron chi connectivity index (χ0n) is 64.0. The summed E-state index contributed by atoms with van der Waals surface area (Å²) in [5, 5.41) is 23.3. The van der Waals surface area contributed by atoms with Crippen LogP contribution in [-0.4, -0.2) is 47.4 Å². The van der Waals surface area contributed by atoms with Gasteiger partial charge in [0.2, 0.25) is 5.91 Å². The summed E-state index contributed by atoms with van der Waals surface area (Å²) in [5.74, 6) is -0.0377. The number of nitrogens with one attached hydrogen (secondary N) is 1. The number of esters is 1. The molecular formula is C88H169NO5. The molecule has 0 rings (SSSR count). The Kier molecular flexibility index (Phi) is 81.8. The number of rotatable bonds is 82. The van der Waals surface area contributed by atoms with Crippen molar-refractivity contribution in [3.63, 3.8) is 0 Å². The van der Waals surface area contributed by atoms with E-state index in [9.17, 15) is 19.8 Å². The summed E-state index contributed by atoms with van der Waals surface area (Å²) in [5.41, 5.74) is 0. The lowest BCUT2D eigenvalue weighted by atomic mass is 10.0. The molecule has 0 saturated heterocycles. The average molecular weight is 1320 g/mol. The van der Waals surface area contributed by atoms with Crippen molar-refractivity contribution in [2.75, 3.05) is 13.2 Å². The number of aliphatic hydroxyl groups is 2. The van der Waals surface area contributed by atoms with Crippen molar-refractivity contribution < 1.29 is 24.5 Å². The quantitative estimate of drug-likeness (QED) is 0.0320. The van der Waals surface area contributed by atoms with Crippen LogP contribution in [0, 0.1) is 0 Å². The van der Waals surface area contributed by atoms with E-state index < -0.39 is 12.1 Å². The lowest BCUT2D eigenvalue weighted by Crippen LogP contribution is -2.45. The first kappa shape index (κ1) is 92.1. The molecule has 2 unspecified atom stereocenters. The van der Waals surface area contributed by atoms with Gasteiger partial charge < -0.3 is 20.3 Å². The van der Waals surface area contributed by atoms with Gasteiger partial charge in [0, 0.05) is 12.8 Å². The molecule has 0 spiro atoms. The number of amides is 1. The maximum absolute atomic E-state index is 12.6. The Bertz CT molecular complexity index is 1520. The largest absolute Gasteiger partial charge is 0.466 e. The van der Waals surface area contributed by atoms with E-state index >= 15 is 0 Å². The van der Waals surface area contributed by atoms with Crippen molar-refractivity contribution in [3.05, 3.63) is 36.5 Å². The van der Waals surface area contributed by atoms with Crippen LogP contribution in [0.2, 0.25) is 0 Å². The fraction of sp³-hybridized carbons (Fsp3) is 0.909. The van der Waals surface area contributed by atoms with Gasteiger partial charge in [-0.2, -0.15) is 0 Å². The van der Waals surface area contributed by atoms with Gasteiger partial charge in [-0.3, -0.25) is 9.59 Å². The Morgan fingerprint density at radius 3 is 0.830 bits per heavy atom. The first-order valence-electron chi connectivity index (χ1n) is 43.3. The van der Waals surface area contributed by atoms with Crippen molar-refractivity contribution in [2.24, 2.45) is 0 Å². The van der Waals surface area contributed by atoms with E-state index in [1.807, 2.05) is 6.08 Å². The number of allylic oxidation sites excluding steroid dienone is 5. The van der Waals surface area contributed by atoms with Gasteiger partial charge in [-0.05, 0) is 64.2 Å². The standard InChI is InChI=1S/C88H169NO5/c1-3-5-7-9-11-13-15-17-19-21-23-24-38-41-45-48-52-56-60-64-68-72-76-80-86(91)85(84-90)89-87(92)81-77-73-69-65-61-57-53-49-46-42-39-36-34-32-30-28-26-25-27-29-31-33-35-37-40-43-47-51-55-59-63-67-71-75-79-83-94-88(93)82-78-74-70-66-62-58-54-50-44-22-20-18-16-14-12-10-8-6-4-2/h12,14,18,20,76,80,85-86,90-91H,3-11,13,15-17,19,21-75,77-79,81-84H2,1-2H3,(H,89,92)/b14-12-,20-18-,80-76+. The normalized spacial score (nSPS) is 12.6. The molecule has 0 aromatic rings. The monoisotopic (exact) mass is 1320 g/mol. The van der Waals surface area contributed by atoms with Gasteiger partial charge in [-0.15, -0.1) is 0 Å². The van der Waals surface area contributed by atoms with Crippen molar-refractivity contribution in [2.45, 2.75) is 501 Å². The summed E-state index contributed by atoms with van der Waals surface area (Å²) in [6.07, 6.45) is 110. The summed E-state index contributed by atoms with van der Waals surface area (Å²) in [6, 6.07) is -0.625. The predicted molar refractivity (Wildman–Crippen MR) is 416 cm³/mol. The maximum Gasteiger partial charge on any atom is 0.305 e. The molecule has 0 aromatic heterocycles. The van der Waals surface area contributed by atoms with Crippen LogP contribution >= 0.6 is 0 Å². The lowest BCUT2D eigenvalue weighted by Gasteiger charge is -2.20. The second-order valence-electron chi connectivity index (χ2n) is 29.9. The molecule has 6 heteroatoms. The summed E-state index contributed by atoms with van der Waals surface area (Å²) in [4.78, 5) is 24.7. The van der Waals surface area contributed by atoms with Crippen LogP contribution < -0.4 is 5.32 Å². The van der Waals surface area contributed by atoms with E-state index in [1.54, 1.807) is 6.08 Å². The predicted octanol–water partition coefficient (Wildman–Crippen LogP) is 28.9. The number of unbranched alkanes of at least 4 members (excludes halogenated alkanes) is 67. The molecule has 0 aliphatic heterocycles. The molecule has 6 nitrogen and oxygen atoms in total. The molecule has 3 N–H and O–H groups in total. The van der Waals surface area contributed by atoms with Crippen LogP contribution in [0.1, 0.15) is 489 Å². The van der Waals surface area contributed by atoms with Gasteiger partial charge in [-0.25, -0.2) is 0 Å². The van der Waals surface area contributed by atoms with Gasteiger partial charge in [-0.1, -0.05) is 448 Å². The Morgan fingerprint density at radius 1 is 0.298 bits per heavy atom. The molecule has 0 radical (unpaired) electrons. The third kappa shape index (κ3) is 79.1. The fourth-order valence-electron chi connectivity index (χ4n) is 13.8. The van der Waals surface area contributed by atoms with E-state index in [0.29, 0.717) is 19.4 Å². The van der Waals surface area contributed by atoms with Crippen molar-refractivity contribution in [1.29, 1.82) is 0 Å². The van der Waals surface area contributed by atoms with E-state index in [4.69, 9.17) is 4.74 Å².